The molecule has 0 aliphatic carbocycles. The number of carbonyl (C=O) groups is 1. The molecule has 0 saturated heterocycles. The van der Waals surface area contributed by atoms with Crippen molar-refractivity contribution in [2.24, 2.45) is 0 Å². The van der Waals surface area contributed by atoms with Gasteiger partial charge in [-0.25, -0.2) is 0 Å². The minimum atomic E-state index is -0.858. The van der Waals surface area contributed by atoms with Crippen molar-refractivity contribution in [3.63, 3.8) is 0 Å². The summed E-state index contributed by atoms with van der Waals surface area (Å²) in [5, 5.41) is 18.9. The number of hydrogen-bond acceptors (Lipinski definition) is 3. The van der Waals surface area contributed by atoms with Crippen LogP contribution in [0.3, 0.4) is 0 Å². The summed E-state index contributed by atoms with van der Waals surface area (Å²) in [6.45, 7) is 1.89. The molecule has 0 aliphatic rings. The largest absolute Gasteiger partial charge is 0.506 e. The van der Waals surface area contributed by atoms with Crippen LogP contribution in [-0.2, 0) is 11.2 Å². The van der Waals surface area contributed by atoms with Crippen LogP contribution in [0.5, 0.6) is 17.2 Å². The minimum absolute atomic E-state index is 0.0136. The van der Waals surface area contributed by atoms with Gasteiger partial charge in [0, 0.05) is 5.56 Å². The van der Waals surface area contributed by atoms with Crippen LogP contribution in [0.15, 0.2) is 18.2 Å². The van der Waals surface area contributed by atoms with Gasteiger partial charge in [-0.1, -0.05) is 0 Å². The molecule has 2 aromatic rings. The number of phenols is 1. The zero-order chi connectivity index (χ0) is 17.3. The van der Waals surface area contributed by atoms with Crippen molar-refractivity contribution < 1.29 is 19.7 Å². The van der Waals surface area contributed by atoms with E-state index in [-0.39, 0.29) is 12.2 Å². The van der Waals surface area contributed by atoms with Crippen LogP contribution in [-0.4, -0.2) is 16.2 Å². The predicted molar refractivity (Wildman–Crippen MR) is 122 cm³/mol. The Kier molecular flexibility index (Phi) is 7.05. The predicted octanol–water partition coefficient (Wildman–Crippen LogP) is 5.54. The van der Waals surface area contributed by atoms with Gasteiger partial charge in [0.15, 0.2) is 5.75 Å². The molecule has 4 nitrogen and oxygen atoms in total. The Morgan fingerprint density at radius 2 is 1.65 bits per heavy atom. The molecular formula is C15H10I4O4. The van der Waals surface area contributed by atoms with Gasteiger partial charge >= 0.3 is 5.97 Å². The molecule has 0 spiro atoms. The van der Waals surface area contributed by atoms with E-state index < -0.39 is 5.97 Å². The molecule has 0 saturated carbocycles. The second-order valence-corrected chi connectivity index (χ2v) is 9.27. The van der Waals surface area contributed by atoms with Gasteiger partial charge in [0.2, 0.25) is 0 Å². The second-order valence-electron chi connectivity index (χ2n) is 4.71. The highest BCUT2D eigenvalue weighted by atomic mass is 127. The second kappa shape index (κ2) is 8.21. The maximum Gasteiger partial charge on any atom is 0.307 e. The minimum Gasteiger partial charge on any atom is -0.506 e. The Morgan fingerprint density at radius 3 is 2.17 bits per heavy atom. The third kappa shape index (κ3) is 4.74. The lowest BCUT2D eigenvalue weighted by Crippen LogP contribution is -2.02. The van der Waals surface area contributed by atoms with E-state index in [0.29, 0.717) is 11.5 Å². The summed E-state index contributed by atoms with van der Waals surface area (Å²) in [7, 11) is 0. The molecule has 0 radical (unpaired) electrons. The van der Waals surface area contributed by atoms with E-state index in [1.165, 1.54) is 0 Å². The number of halogens is 4. The number of rotatable bonds is 4. The molecule has 0 bridgehead atoms. The molecule has 2 rings (SSSR count). The van der Waals surface area contributed by atoms with Gasteiger partial charge < -0.3 is 14.9 Å². The van der Waals surface area contributed by atoms with E-state index in [9.17, 15) is 9.90 Å². The van der Waals surface area contributed by atoms with Gasteiger partial charge in [-0.15, -0.1) is 0 Å². The van der Waals surface area contributed by atoms with Gasteiger partial charge in [-0.2, -0.15) is 0 Å². The molecule has 0 amide bonds. The van der Waals surface area contributed by atoms with Crippen LogP contribution in [0.25, 0.3) is 0 Å². The highest BCUT2D eigenvalue weighted by molar-refractivity contribution is 14.1. The van der Waals surface area contributed by atoms with Crippen molar-refractivity contribution in [3.05, 3.63) is 43.6 Å². The lowest BCUT2D eigenvalue weighted by Gasteiger charge is -2.15. The standard InChI is InChI=1S/C15H10I4O4/c1-6-11(5-8(16)14(22)13(6)19)23-15-9(17)2-7(3-10(15)18)4-12(20)21/h2-3,5,22H,4H2,1H3,(H,20,21). The van der Waals surface area contributed by atoms with Gasteiger partial charge in [-0.3, -0.25) is 4.79 Å². The summed E-state index contributed by atoms with van der Waals surface area (Å²) in [5.74, 6) is 0.778. The Morgan fingerprint density at radius 1 is 1.09 bits per heavy atom. The number of hydrogen-bond donors (Lipinski definition) is 2. The van der Waals surface area contributed by atoms with Crippen molar-refractivity contribution in [1.29, 1.82) is 0 Å². The third-order valence-electron chi connectivity index (χ3n) is 3.02. The van der Waals surface area contributed by atoms with Gasteiger partial charge in [0.1, 0.15) is 11.5 Å². The van der Waals surface area contributed by atoms with Crippen LogP contribution >= 0.6 is 90.4 Å². The average molecular weight is 762 g/mol. The fraction of sp³-hybridized carbons (Fsp3) is 0.133. The maximum atomic E-state index is 10.9. The summed E-state index contributed by atoms with van der Waals surface area (Å²) in [6.07, 6.45) is -0.0136. The zero-order valence-electron chi connectivity index (χ0n) is 11.7. The van der Waals surface area contributed by atoms with Gasteiger partial charge in [-0.05, 0) is 121 Å². The number of aromatic hydroxyl groups is 1. The maximum absolute atomic E-state index is 10.9. The van der Waals surface area contributed by atoms with Crippen molar-refractivity contribution in [2.75, 3.05) is 0 Å². The van der Waals surface area contributed by atoms with Crippen molar-refractivity contribution in [2.45, 2.75) is 13.3 Å². The summed E-state index contributed by atoms with van der Waals surface area (Å²) >= 11 is 8.45. The fourth-order valence-electron chi connectivity index (χ4n) is 1.88. The summed E-state index contributed by atoms with van der Waals surface area (Å²) in [6, 6.07) is 5.43. The average Bonchev–Trinajstić information content (AvgIpc) is 2.45. The highest BCUT2D eigenvalue weighted by Crippen LogP contribution is 2.39. The van der Waals surface area contributed by atoms with Crippen LogP contribution < -0.4 is 4.74 Å². The molecule has 8 heteroatoms. The monoisotopic (exact) mass is 762 g/mol. The SMILES string of the molecule is Cc1c(Oc2c(I)cc(CC(=O)O)cc2I)cc(I)c(O)c1I. The number of ether oxygens (including phenoxy) is 1. The van der Waals surface area contributed by atoms with E-state index in [4.69, 9.17) is 9.84 Å². The zero-order valence-corrected chi connectivity index (χ0v) is 20.3. The molecule has 0 unspecified atom stereocenters. The first-order chi connectivity index (χ1) is 10.7. The highest BCUT2D eigenvalue weighted by Gasteiger charge is 2.16. The Balaban J connectivity index is 2.43. The first-order valence-corrected chi connectivity index (χ1v) is 10.6. The molecule has 23 heavy (non-hydrogen) atoms. The van der Waals surface area contributed by atoms with Crippen molar-refractivity contribution >= 4 is 96.3 Å². The quantitative estimate of drug-likeness (QED) is 0.403. The Labute approximate surface area is 187 Å². The first-order valence-electron chi connectivity index (χ1n) is 6.25. The topological polar surface area (TPSA) is 66.8 Å². The van der Waals surface area contributed by atoms with E-state index in [0.717, 1.165) is 25.4 Å². The number of carboxylic acid groups (broad SMARTS) is 1. The molecule has 0 fully saturated rings. The Hall–Kier alpha value is 0.430. The lowest BCUT2D eigenvalue weighted by atomic mass is 10.1. The molecule has 122 valence electrons. The molecule has 0 atom stereocenters. The van der Waals surface area contributed by atoms with E-state index in [2.05, 4.69) is 90.4 Å². The van der Waals surface area contributed by atoms with E-state index in [1.807, 2.05) is 19.1 Å². The number of phenolic OH excluding ortho intramolecular Hbond substituents is 1. The molecule has 0 heterocycles. The number of aliphatic carboxylic acids is 1. The van der Waals surface area contributed by atoms with Crippen molar-refractivity contribution in [1.82, 2.24) is 0 Å². The van der Waals surface area contributed by atoms with Crippen LogP contribution in [0.2, 0.25) is 0 Å². The first kappa shape index (κ1) is 19.8. The van der Waals surface area contributed by atoms with Gasteiger partial charge in [0.05, 0.1) is 20.7 Å². The molecule has 0 aliphatic heterocycles. The molecule has 2 aromatic carbocycles. The summed E-state index contributed by atoms with van der Waals surface area (Å²) in [4.78, 5) is 10.9. The summed E-state index contributed by atoms with van der Waals surface area (Å²) < 4.78 is 9.25. The lowest BCUT2D eigenvalue weighted by molar-refractivity contribution is -0.136. The Bertz CT molecular complexity index is 767. The molecule has 0 aromatic heterocycles. The number of carboxylic acids is 1. The molecular weight excluding hydrogens is 752 g/mol. The van der Waals surface area contributed by atoms with Crippen LogP contribution in [0.4, 0.5) is 0 Å². The third-order valence-corrected chi connectivity index (χ3v) is 6.76. The van der Waals surface area contributed by atoms with E-state index in [1.54, 1.807) is 6.07 Å². The van der Waals surface area contributed by atoms with E-state index >= 15 is 0 Å². The van der Waals surface area contributed by atoms with Gasteiger partial charge in [0.25, 0.3) is 0 Å². The smallest absolute Gasteiger partial charge is 0.307 e. The summed E-state index contributed by atoms with van der Waals surface area (Å²) in [5.41, 5.74) is 1.61. The fourth-order valence-corrected chi connectivity index (χ4v) is 5.63. The molecule has 2 N–H and O–H groups in total. The van der Waals surface area contributed by atoms with Crippen LogP contribution in [0.1, 0.15) is 11.1 Å². The van der Waals surface area contributed by atoms with Crippen LogP contribution in [0, 0.1) is 21.2 Å². The van der Waals surface area contributed by atoms with Crippen molar-refractivity contribution in [3.8, 4) is 17.2 Å². The normalized spacial score (nSPS) is 10.7. The number of benzene rings is 2.